The molecule has 4 heteroatoms. The third-order valence-corrected chi connectivity index (χ3v) is 19.5. The van der Waals surface area contributed by atoms with Gasteiger partial charge in [0.2, 0.25) is 0 Å². The average molecular weight is 1260 g/mol. The maximum atomic E-state index is 10.4. The Morgan fingerprint density at radius 1 is 0.102 bits per heavy atom. The zero-order chi connectivity index (χ0) is 63.3. The van der Waals surface area contributed by atoms with E-state index in [2.05, 4.69) is 20.8 Å². The smallest absolute Gasteiger partial charge is 0 e. The molecule has 0 amide bonds. The molecule has 0 aromatic rings. The second kappa shape index (κ2) is 98.5. The first-order valence-electron chi connectivity index (χ1n) is 42.0. The van der Waals surface area contributed by atoms with Crippen molar-refractivity contribution >= 4 is 17.4 Å². The van der Waals surface area contributed by atoms with Crippen molar-refractivity contribution < 1.29 is 15.3 Å². The minimum atomic E-state index is 0. The van der Waals surface area contributed by atoms with Gasteiger partial charge < -0.3 is 15.3 Å². The van der Waals surface area contributed by atoms with E-state index < -0.39 is 0 Å². The lowest BCUT2D eigenvalue weighted by atomic mass is 10.0. The van der Waals surface area contributed by atoms with Gasteiger partial charge >= 0.3 is 0 Å². The lowest BCUT2D eigenvalue weighted by molar-refractivity contribution is -0.368. The number of rotatable bonds is 78. The fourth-order valence-electron chi connectivity index (χ4n) is 13.3. The lowest BCUT2D eigenvalue weighted by Gasteiger charge is -2.05. The molecule has 0 spiro atoms. The molecule has 3 nitrogen and oxygen atoms in total. The van der Waals surface area contributed by atoms with Crippen LogP contribution in [0.5, 0.6) is 0 Å². The Hall–Kier alpha value is 0.412. The molecule has 0 aliphatic heterocycles. The molecule has 0 aliphatic carbocycles. The highest BCUT2D eigenvalue weighted by Crippen LogP contribution is 2.20. The van der Waals surface area contributed by atoms with Crippen LogP contribution in [0.3, 0.4) is 0 Å². The van der Waals surface area contributed by atoms with Gasteiger partial charge in [0.15, 0.2) is 0 Å². The largest absolute Gasteiger partial charge is 0.854 e. The highest BCUT2D eigenvalue weighted by molar-refractivity contribution is 5.75. The van der Waals surface area contributed by atoms with Gasteiger partial charge in [-0.15, -0.1) is 19.8 Å². The quantitative estimate of drug-likeness (QED) is 0.0450. The summed E-state index contributed by atoms with van der Waals surface area (Å²) in [5, 5.41) is 31.1. The van der Waals surface area contributed by atoms with Gasteiger partial charge in [0.1, 0.15) is 0 Å². The molecular formula is C84H171AlO3-3. The van der Waals surface area contributed by atoms with E-state index >= 15 is 0 Å². The van der Waals surface area contributed by atoms with E-state index in [1.165, 1.54) is 462 Å². The molecule has 0 aromatic carbocycles. The van der Waals surface area contributed by atoms with Crippen molar-refractivity contribution in [3.8, 4) is 0 Å². The van der Waals surface area contributed by atoms with Crippen molar-refractivity contribution in [3.63, 3.8) is 0 Å². The molecule has 0 aliphatic rings. The number of hydrogen-bond acceptors (Lipinski definition) is 3. The molecule has 0 rings (SSSR count). The van der Waals surface area contributed by atoms with E-state index in [9.17, 15) is 15.3 Å². The SMILES string of the molecule is CCCCCCCCCCCCCCCCCCCCCCCCCCCC[O-].CCCCCCCCCCCCCCCCCCCCCCCCCCCC[O-].CCCCCCCCCCCCCCCCCCCCCCCCCCCC[O-].[Al]. The summed E-state index contributed by atoms with van der Waals surface area (Å²) in [7, 11) is 0. The normalized spacial score (nSPS) is 11.2. The molecular weight excluding hydrogens is 1080 g/mol. The van der Waals surface area contributed by atoms with E-state index in [4.69, 9.17) is 0 Å². The molecule has 0 aromatic heterocycles. The monoisotopic (exact) mass is 1260 g/mol. The van der Waals surface area contributed by atoms with Crippen LogP contribution in [-0.4, -0.2) is 37.2 Å². The molecule has 0 saturated heterocycles. The third-order valence-electron chi connectivity index (χ3n) is 19.5. The van der Waals surface area contributed by atoms with Gasteiger partial charge in [-0.1, -0.05) is 522 Å². The van der Waals surface area contributed by atoms with Crippen LogP contribution >= 0.6 is 0 Å². The molecule has 0 heterocycles. The Bertz CT molecular complexity index is 847. The Morgan fingerprint density at radius 3 is 0.216 bits per heavy atom. The van der Waals surface area contributed by atoms with Gasteiger partial charge in [-0.2, -0.15) is 0 Å². The van der Waals surface area contributed by atoms with Crippen LogP contribution in [0.25, 0.3) is 0 Å². The van der Waals surface area contributed by atoms with Gasteiger partial charge in [-0.25, -0.2) is 0 Å². The van der Waals surface area contributed by atoms with Gasteiger partial charge in [0.25, 0.3) is 0 Å². The van der Waals surface area contributed by atoms with Crippen molar-refractivity contribution in [1.82, 2.24) is 0 Å². The zero-order valence-corrected chi connectivity index (χ0v) is 63.2. The van der Waals surface area contributed by atoms with Gasteiger partial charge in [-0.3, -0.25) is 0 Å². The summed E-state index contributed by atoms with van der Waals surface area (Å²) in [6.45, 7) is 7.27. The van der Waals surface area contributed by atoms with Gasteiger partial charge in [0, 0.05) is 17.4 Å². The summed E-state index contributed by atoms with van der Waals surface area (Å²) < 4.78 is 0. The number of unbranched alkanes of at least 4 members (excludes halogenated alkanes) is 75. The Morgan fingerprint density at radius 2 is 0.159 bits per heavy atom. The summed E-state index contributed by atoms with van der Waals surface area (Å²) in [5.74, 6) is 0. The molecule has 0 bridgehead atoms. The fraction of sp³-hybridized carbons (Fsp3) is 1.00. The first-order valence-corrected chi connectivity index (χ1v) is 42.0. The predicted octanol–water partition coefficient (Wildman–Crippen LogP) is 28.1. The zero-order valence-electron chi connectivity index (χ0n) is 62.1. The summed E-state index contributed by atoms with van der Waals surface area (Å²) in [6, 6.07) is 0. The molecule has 88 heavy (non-hydrogen) atoms. The fourth-order valence-corrected chi connectivity index (χ4v) is 13.3. The second-order valence-corrected chi connectivity index (χ2v) is 28.6. The Balaban J connectivity index is -0.000000598. The minimum absolute atomic E-state index is 0. The van der Waals surface area contributed by atoms with Crippen LogP contribution in [0.15, 0.2) is 0 Å². The summed E-state index contributed by atoms with van der Waals surface area (Å²) in [5.41, 5.74) is 0. The van der Waals surface area contributed by atoms with Crippen molar-refractivity contribution in [1.29, 1.82) is 0 Å². The van der Waals surface area contributed by atoms with Crippen LogP contribution in [0, 0.1) is 0 Å². The van der Waals surface area contributed by atoms with Crippen LogP contribution < -0.4 is 15.3 Å². The molecule has 3 radical (unpaired) electrons. The molecule has 0 saturated carbocycles. The van der Waals surface area contributed by atoms with Crippen molar-refractivity contribution in [3.05, 3.63) is 0 Å². The molecule has 0 unspecified atom stereocenters. The second-order valence-electron chi connectivity index (χ2n) is 28.6. The van der Waals surface area contributed by atoms with Crippen LogP contribution in [-0.2, 0) is 0 Å². The molecule has 0 N–H and O–H groups in total. The van der Waals surface area contributed by atoms with Crippen LogP contribution in [0.4, 0.5) is 0 Å². The summed E-state index contributed by atoms with van der Waals surface area (Å²) >= 11 is 0. The predicted molar refractivity (Wildman–Crippen MR) is 398 cm³/mol. The van der Waals surface area contributed by atoms with Crippen molar-refractivity contribution in [2.75, 3.05) is 19.8 Å². The molecule has 0 fully saturated rings. The molecule has 531 valence electrons. The van der Waals surface area contributed by atoms with Gasteiger partial charge in [0.05, 0.1) is 0 Å². The van der Waals surface area contributed by atoms with E-state index in [1.807, 2.05) is 0 Å². The van der Waals surface area contributed by atoms with Crippen LogP contribution in [0.2, 0.25) is 0 Å². The van der Waals surface area contributed by atoms with E-state index in [-0.39, 0.29) is 37.2 Å². The maximum Gasteiger partial charge on any atom is 0 e. The Kier molecular flexibility index (Phi) is 106. The lowest BCUT2D eigenvalue weighted by Crippen LogP contribution is -2.04. The summed E-state index contributed by atoms with van der Waals surface area (Å²) in [6.07, 6.45) is 110. The van der Waals surface area contributed by atoms with Crippen LogP contribution in [0.1, 0.15) is 522 Å². The topological polar surface area (TPSA) is 69.2 Å². The first kappa shape index (κ1) is 94.8. The van der Waals surface area contributed by atoms with E-state index in [0.29, 0.717) is 0 Å². The van der Waals surface area contributed by atoms with Crippen molar-refractivity contribution in [2.24, 2.45) is 0 Å². The van der Waals surface area contributed by atoms with E-state index in [1.54, 1.807) is 0 Å². The van der Waals surface area contributed by atoms with E-state index in [0.717, 1.165) is 38.5 Å². The third kappa shape index (κ3) is 103. The number of hydrogen-bond donors (Lipinski definition) is 0. The highest BCUT2D eigenvalue weighted by Gasteiger charge is 2.01. The first-order chi connectivity index (χ1) is 43.2. The molecule has 0 atom stereocenters. The summed E-state index contributed by atoms with van der Waals surface area (Å²) in [4.78, 5) is 0. The highest BCUT2D eigenvalue weighted by atomic mass is 27.0. The van der Waals surface area contributed by atoms with Crippen molar-refractivity contribution in [2.45, 2.75) is 522 Å². The maximum absolute atomic E-state index is 10.4. The minimum Gasteiger partial charge on any atom is -0.854 e. The average Bonchev–Trinajstić information content (AvgIpc) is 3.53. The van der Waals surface area contributed by atoms with Gasteiger partial charge in [-0.05, 0) is 0 Å². The standard InChI is InChI=1S/3C28H57O.Al/c3*1-2-3-4-5-6-7-8-9-10-11-12-13-14-15-16-17-18-19-20-21-22-23-24-25-26-27-28-29;/h3*2-28H2,1H3;/q3*-1;. The Labute approximate surface area is 570 Å².